The van der Waals surface area contributed by atoms with E-state index >= 15 is 0 Å². The van der Waals surface area contributed by atoms with Gasteiger partial charge in [-0.1, -0.05) is 5.16 Å². The van der Waals surface area contributed by atoms with Gasteiger partial charge in [0.1, 0.15) is 18.2 Å². The quantitative estimate of drug-likeness (QED) is 0.671. The highest BCUT2D eigenvalue weighted by Crippen LogP contribution is 2.29. The number of aromatic nitrogens is 3. The van der Waals surface area contributed by atoms with E-state index in [-0.39, 0.29) is 11.9 Å². The number of carbonyl (C=O) groups is 1. The molecule has 1 N–H and O–H groups in total. The zero-order valence-electron chi connectivity index (χ0n) is 17.7. The van der Waals surface area contributed by atoms with Crippen LogP contribution in [0.2, 0.25) is 0 Å². The minimum atomic E-state index is -0.129. The van der Waals surface area contributed by atoms with Crippen LogP contribution in [0.25, 0.3) is 0 Å². The number of carbonyl (C=O) groups excluding carboxylic acids is 1. The van der Waals surface area contributed by atoms with Gasteiger partial charge in [0.2, 0.25) is 0 Å². The largest absolute Gasteiger partial charge is 0.493 e. The Bertz CT molecular complexity index is 1050. The van der Waals surface area contributed by atoms with Crippen LogP contribution in [0.4, 0.5) is 0 Å². The molecule has 30 heavy (non-hydrogen) atoms. The summed E-state index contributed by atoms with van der Waals surface area (Å²) in [7, 11) is 1.56. The Morgan fingerprint density at radius 1 is 1.30 bits per heavy atom. The van der Waals surface area contributed by atoms with E-state index in [9.17, 15) is 4.79 Å². The Labute approximate surface area is 175 Å². The molecule has 1 amide bonds. The van der Waals surface area contributed by atoms with E-state index in [4.69, 9.17) is 14.0 Å². The van der Waals surface area contributed by atoms with Crippen LogP contribution in [0.5, 0.6) is 11.5 Å². The van der Waals surface area contributed by atoms with Gasteiger partial charge in [-0.05, 0) is 45.4 Å². The number of rotatable bonds is 6. The number of nitrogens with one attached hydrogen (secondary N) is 1. The average Bonchev–Trinajstić information content (AvgIpc) is 3.26. The van der Waals surface area contributed by atoms with E-state index in [1.54, 1.807) is 25.3 Å². The van der Waals surface area contributed by atoms with Crippen LogP contribution in [-0.2, 0) is 19.6 Å². The summed E-state index contributed by atoms with van der Waals surface area (Å²) in [4.78, 5) is 17.3. The molecule has 1 aromatic carbocycles. The summed E-state index contributed by atoms with van der Waals surface area (Å²) in [6.07, 6.45) is 3.76. The zero-order chi connectivity index (χ0) is 21.3. The van der Waals surface area contributed by atoms with E-state index in [1.165, 1.54) is 0 Å². The SMILES string of the molecule is COc1cc(C(=O)NC2CCc3nc(C)cn3C2)ccc1OCc1c(C)noc1C. The first kappa shape index (κ1) is 20.0. The number of hydrogen-bond acceptors (Lipinski definition) is 6. The second-order valence-corrected chi connectivity index (χ2v) is 7.62. The standard InChI is InChI=1S/C22H26N4O4/c1-13-10-26-11-17(6-8-21(26)23-13)24-22(27)16-5-7-19(20(9-16)28-4)29-12-18-14(2)25-30-15(18)3/h5,7,9-10,17H,6,8,11-12H2,1-4H3,(H,24,27). The lowest BCUT2D eigenvalue weighted by atomic mass is 10.1. The van der Waals surface area contributed by atoms with Gasteiger partial charge in [-0.2, -0.15) is 0 Å². The van der Waals surface area contributed by atoms with Crippen LogP contribution in [-0.4, -0.2) is 33.8 Å². The molecule has 1 atom stereocenters. The van der Waals surface area contributed by atoms with Crippen molar-refractivity contribution in [2.24, 2.45) is 0 Å². The maximum atomic E-state index is 12.8. The van der Waals surface area contributed by atoms with Gasteiger partial charge in [-0.15, -0.1) is 0 Å². The number of methoxy groups -OCH3 is 1. The first-order chi connectivity index (χ1) is 14.4. The molecule has 1 aliphatic rings. The van der Waals surface area contributed by atoms with E-state index in [0.717, 1.165) is 47.9 Å². The fourth-order valence-electron chi connectivity index (χ4n) is 3.76. The van der Waals surface area contributed by atoms with E-state index in [2.05, 4.69) is 20.0 Å². The van der Waals surface area contributed by atoms with Gasteiger partial charge in [0.15, 0.2) is 11.5 Å². The summed E-state index contributed by atoms with van der Waals surface area (Å²) in [5.41, 5.74) is 3.24. The number of hydrogen-bond donors (Lipinski definition) is 1. The van der Waals surface area contributed by atoms with Crippen molar-refractivity contribution in [1.82, 2.24) is 20.0 Å². The third-order valence-electron chi connectivity index (χ3n) is 5.43. The third-order valence-corrected chi connectivity index (χ3v) is 5.43. The first-order valence-electron chi connectivity index (χ1n) is 10.0. The highest BCUT2D eigenvalue weighted by atomic mass is 16.5. The van der Waals surface area contributed by atoms with Crippen molar-refractivity contribution in [3.63, 3.8) is 0 Å². The average molecular weight is 410 g/mol. The predicted octanol–water partition coefficient (Wildman–Crippen LogP) is 3.13. The highest BCUT2D eigenvalue weighted by molar-refractivity contribution is 5.95. The van der Waals surface area contributed by atoms with Crippen molar-refractivity contribution >= 4 is 5.91 Å². The number of nitrogens with zero attached hydrogens (tertiary/aromatic N) is 3. The Hall–Kier alpha value is -3.29. The van der Waals surface area contributed by atoms with Crippen LogP contribution < -0.4 is 14.8 Å². The lowest BCUT2D eigenvalue weighted by Crippen LogP contribution is -2.40. The number of imidazole rings is 1. The molecule has 3 heterocycles. The summed E-state index contributed by atoms with van der Waals surface area (Å²) in [5.74, 6) is 2.75. The normalized spacial score (nSPS) is 15.5. The molecule has 3 aromatic rings. The van der Waals surface area contributed by atoms with Crippen LogP contribution in [0.3, 0.4) is 0 Å². The number of amides is 1. The predicted molar refractivity (Wildman–Crippen MR) is 110 cm³/mol. The molecule has 0 spiro atoms. The van der Waals surface area contributed by atoms with Crippen molar-refractivity contribution in [2.75, 3.05) is 7.11 Å². The Balaban J connectivity index is 1.42. The van der Waals surface area contributed by atoms with Gasteiger partial charge >= 0.3 is 0 Å². The molecule has 8 nitrogen and oxygen atoms in total. The van der Waals surface area contributed by atoms with Gasteiger partial charge < -0.3 is 23.9 Å². The van der Waals surface area contributed by atoms with Gasteiger partial charge in [0.25, 0.3) is 5.91 Å². The summed E-state index contributed by atoms with van der Waals surface area (Å²) < 4.78 is 18.6. The Kier molecular flexibility index (Phi) is 5.48. The molecule has 4 rings (SSSR count). The van der Waals surface area contributed by atoms with Crippen molar-refractivity contribution in [3.8, 4) is 11.5 Å². The molecule has 0 saturated heterocycles. The fraction of sp³-hybridized carbons (Fsp3) is 0.409. The molecule has 1 unspecified atom stereocenters. The van der Waals surface area contributed by atoms with Crippen molar-refractivity contribution in [1.29, 1.82) is 0 Å². The number of ether oxygens (including phenoxy) is 2. The second kappa shape index (κ2) is 8.22. The van der Waals surface area contributed by atoms with E-state index < -0.39 is 0 Å². The zero-order valence-corrected chi connectivity index (χ0v) is 17.7. The molecular formula is C22H26N4O4. The third kappa shape index (κ3) is 4.03. The number of benzene rings is 1. The van der Waals surface area contributed by atoms with Crippen LogP contribution in [0.1, 0.15) is 45.3 Å². The topological polar surface area (TPSA) is 91.4 Å². The smallest absolute Gasteiger partial charge is 0.251 e. The lowest BCUT2D eigenvalue weighted by molar-refractivity contribution is 0.0927. The minimum Gasteiger partial charge on any atom is -0.493 e. The Morgan fingerprint density at radius 3 is 2.87 bits per heavy atom. The summed E-state index contributed by atoms with van der Waals surface area (Å²) in [5, 5.41) is 7.06. The van der Waals surface area contributed by atoms with Gasteiger partial charge in [-0.3, -0.25) is 4.79 Å². The first-order valence-corrected chi connectivity index (χ1v) is 10.0. The van der Waals surface area contributed by atoms with Crippen LogP contribution in [0, 0.1) is 20.8 Å². The van der Waals surface area contributed by atoms with Gasteiger partial charge in [-0.25, -0.2) is 4.98 Å². The fourth-order valence-corrected chi connectivity index (χ4v) is 3.76. The van der Waals surface area contributed by atoms with Gasteiger partial charge in [0, 0.05) is 30.8 Å². The molecule has 0 saturated carbocycles. The van der Waals surface area contributed by atoms with Crippen LogP contribution >= 0.6 is 0 Å². The minimum absolute atomic E-state index is 0.0695. The van der Waals surface area contributed by atoms with Gasteiger partial charge in [0.05, 0.1) is 24.1 Å². The van der Waals surface area contributed by atoms with Crippen molar-refractivity contribution in [3.05, 3.63) is 58.5 Å². The maximum Gasteiger partial charge on any atom is 0.251 e. The molecule has 0 bridgehead atoms. The summed E-state index contributed by atoms with van der Waals surface area (Å²) in [6, 6.07) is 5.27. The Morgan fingerprint density at radius 2 is 2.13 bits per heavy atom. The van der Waals surface area contributed by atoms with Crippen LogP contribution in [0.15, 0.2) is 28.9 Å². The molecule has 2 aromatic heterocycles. The summed E-state index contributed by atoms with van der Waals surface area (Å²) >= 11 is 0. The molecule has 0 fully saturated rings. The van der Waals surface area contributed by atoms with E-state index in [0.29, 0.717) is 23.7 Å². The molecule has 158 valence electrons. The molecule has 1 aliphatic heterocycles. The second-order valence-electron chi connectivity index (χ2n) is 7.62. The monoisotopic (exact) mass is 410 g/mol. The molecule has 8 heteroatoms. The molecular weight excluding hydrogens is 384 g/mol. The van der Waals surface area contributed by atoms with Crippen molar-refractivity contribution < 1.29 is 18.8 Å². The number of aryl methyl sites for hydroxylation is 4. The lowest BCUT2D eigenvalue weighted by Gasteiger charge is -2.24. The molecule has 0 radical (unpaired) electrons. The van der Waals surface area contributed by atoms with E-state index in [1.807, 2.05) is 27.0 Å². The summed E-state index contributed by atoms with van der Waals surface area (Å²) in [6.45, 7) is 6.76. The van der Waals surface area contributed by atoms with Crippen molar-refractivity contribution in [2.45, 2.75) is 52.8 Å². The molecule has 0 aliphatic carbocycles. The number of fused-ring (bicyclic) bond motifs is 1. The maximum absolute atomic E-state index is 12.8. The highest BCUT2D eigenvalue weighted by Gasteiger charge is 2.22.